The lowest BCUT2D eigenvalue weighted by molar-refractivity contribution is -0.136. The van der Waals surface area contributed by atoms with Crippen molar-refractivity contribution in [2.24, 2.45) is 0 Å². The third-order valence-corrected chi connectivity index (χ3v) is 4.99. The summed E-state index contributed by atoms with van der Waals surface area (Å²) in [6.07, 6.45) is 0.649. The molecule has 132 valence electrons. The molecule has 6 heteroatoms. The molecule has 25 heavy (non-hydrogen) atoms. The van der Waals surface area contributed by atoms with Gasteiger partial charge in [-0.2, -0.15) is 0 Å². The average Bonchev–Trinajstić information content (AvgIpc) is 2.92. The smallest absolute Gasteiger partial charge is 0.303 e. The highest BCUT2D eigenvalue weighted by molar-refractivity contribution is 6.17. The third kappa shape index (κ3) is 3.30. The number of carboxylic acids is 1. The lowest BCUT2D eigenvalue weighted by Gasteiger charge is -2.23. The minimum Gasteiger partial charge on any atom is -0.481 e. The fourth-order valence-corrected chi connectivity index (χ4v) is 3.46. The van der Waals surface area contributed by atoms with E-state index < -0.39 is 5.97 Å². The largest absolute Gasteiger partial charge is 0.481 e. The number of carboxylic acid groups (broad SMARTS) is 1. The van der Waals surface area contributed by atoms with Crippen molar-refractivity contribution in [3.8, 4) is 0 Å². The summed E-state index contributed by atoms with van der Waals surface area (Å²) in [6.45, 7) is 4.09. The highest BCUT2D eigenvalue weighted by Gasteiger charge is 2.27. The highest BCUT2D eigenvalue weighted by atomic mass is 35.5. The van der Waals surface area contributed by atoms with Gasteiger partial charge in [-0.1, -0.05) is 12.1 Å². The van der Waals surface area contributed by atoms with E-state index in [2.05, 4.69) is 23.7 Å². The van der Waals surface area contributed by atoms with Crippen LogP contribution in [-0.4, -0.2) is 18.1 Å². The zero-order valence-electron chi connectivity index (χ0n) is 14.6. The van der Waals surface area contributed by atoms with E-state index in [1.54, 1.807) is 0 Å². The molecule has 2 aromatic rings. The quantitative estimate of drug-likeness (QED) is 0.788. The molecule has 0 saturated carbocycles. The number of anilines is 3. The second kappa shape index (κ2) is 6.94. The minimum atomic E-state index is -0.780. The number of aliphatic carboxylic acids is 1. The number of rotatable bonds is 5. The number of nitrogens with zero attached hydrogens (tertiary/aromatic N) is 2. The Morgan fingerprint density at radius 3 is 2.64 bits per heavy atom. The second-order valence-corrected chi connectivity index (χ2v) is 6.62. The van der Waals surface area contributed by atoms with E-state index >= 15 is 0 Å². The molecule has 1 aliphatic heterocycles. The Kier molecular flexibility index (Phi) is 4.88. The van der Waals surface area contributed by atoms with Crippen molar-refractivity contribution in [1.82, 2.24) is 5.53 Å². The van der Waals surface area contributed by atoms with Gasteiger partial charge in [-0.25, -0.2) is 0 Å². The van der Waals surface area contributed by atoms with E-state index in [4.69, 9.17) is 16.7 Å². The van der Waals surface area contributed by atoms with Gasteiger partial charge in [0.15, 0.2) is 0 Å². The summed E-state index contributed by atoms with van der Waals surface area (Å²) in [4.78, 5) is 10.9. The number of hydrogen-bond acceptors (Lipinski definition) is 4. The molecule has 0 aromatic heterocycles. The Balaban J connectivity index is 2.03. The van der Waals surface area contributed by atoms with Crippen molar-refractivity contribution in [3.05, 3.63) is 52.6 Å². The standard InChI is InChI=1S/C19H22ClN3O2/c1-12-4-7-16(10-15(12)11-20)23-19-13(2)14(6-9-18(24)25)5-8-17(19)22(3)21-23/h4-5,7-8,10,21H,6,9,11H2,1-3H3,(H,24,25). The maximum Gasteiger partial charge on any atom is 0.303 e. The SMILES string of the molecule is Cc1ccc(N2NN(C)c3ccc(CCC(=O)O)c(C)c32)cc1CCl. The molecule has 1 heterocycles. The second-order valence-electron chi connectivity index (χ2n) is 6.35. The Morgan fingerprint density at radius 1 is 1.20 bits per heavy atom. The lowest BCUT2D eigenvalue weighted by atomic mass is 10.00. The van der Waals surface area contributed by atoms with E-state index in [0.29, 0.717) is 12.3 Å². The van der Waals surface area contributed by atoms with Crippen LogP contribution in [0.2, 0.25) is 0 Å². The Labute approximate surface area is 152 Å². The van der Waals surface area contributed by atoms with Gasteiger partial charge in [0.25, 0.3) is 0 Å². The fraction of sp³-hybridized carbons (Fsp3) is 0.316. The van der Waals surface area contributed by atoms with Gasteiger partial charge < -0.3 is 5.11 Å². The van der Waals surface area contributed by atoms with Gasteiger partial charge in [-0.3, -0.25) is 14.8 Å². The van der Waals surface area contributed by atoms with Crippen molar-refractivity contribution < 1.29 is 9.90 Å². The molecule has 0 amide bonds. The molecular formula is C19H22ClN3O2. The van der Waals surface area contributed by atoms with E-state index in [9.17, 15) is 4.79 Å². The van der Waals surface area contributed by atoms with Gasteiger partial charge in [0.2, 0.25) is 0 Å². The highest BCUT2D eigenvalue weighted by Crippen LogP contribution is 2.41. The number of hydrazine groups is 2. The summed E-state index contributed by atoms with van der Waals surface area (Å²) in [5.41, 5.74) is 10.9. The predicted molar refractivity (Wildman–Crippen MR) is 102 cm³/mol. The summed E-state index contributed by atoms with van der Waals surface area (Å²) in [5, 5.41) is 13.0. The van der Waals surface area contributed by atoms with Crippen molar-refractivity contribution in [2.75, 3.05) is 17.1 Å². The topological polar surface area (TPSA) is 55.8 Å². The summed E-state index contributed by atoms with van der Waals surface area (Å²) in [5.74, 6) is -0.314. The molecule has 0 aliphatic carbocycles. The lowest BCUT2D eigenvalue weighted by Crippen LogP contribution is -2.39. The molecule has 1 aliphatic rings. The van der Waals surface area contributed by atoms with Crippen molar-refractivity contribution in [3.63, 3.8) is 0 Å². The Bertz CT molecular complexity index is 823. The van der Waals surface area contributed by atoms with Crippen LogP contribution < -0.4 is 15.6 Å². The number of aryl methyl sites for hydroxylation is 2. The molecule has 5 nitrogen and oxygen atoms in total. The first kappa shape index (κ1) is 17.6. The number of hydrogen-bond donors (Lipinski definition) is 2. The van der Waals surface area contributed by atoms with Gasteiger partial charge in [-0.05, 0) is 60.7 Å². The van der Waals surface area contributed by atoms with Crippen LogP contribution in [0.3, 0.4) is 0 Å². The molecule has 2 aromatic carbocycles. The molecule has 0 spiro atoms. The van der Waals surface area contributed by atoms with Crippen LogP contribution in [0.4, 0.5) is 17.1 Å². The number of nitrogens with one attached hydrogen (secondary N) is 1. The van der Waals surface area contributed by atoms with E-state index in [1.165, 1.54) is 5.56 Å². The molecular weight excluding hydrogens is 338 g/mol. The molecule has 0 saturated heterocycles. The minimum absolute atomic E-state index is 0.129. The van der Waals surface area contributed by atoms with Gasteiger partial charge in [-0.15, -0.1) is 17.1 Å². The number of halogens is 1. The van der Waals surface area contributed by atoms with Crippen LogP contribution >= 0.6 is 11.6 Å². The van der Waals surface area contributed by atoms with Crippen LogP contribution in [0.1, 0.15) is 28.7 Å². The third-order valence-electron chi connectivity index (χ3n) is 4.70. The molecule has 0 fully saturated rings. The first-order valence-corrected chi connectivity index (χ1v) is 8.75. The Morgan fingerprint density at radius 2 is 1.96 bits per heavy atom. The maximum absolute atomic E-state index is 10.9. The Hall–Kier alpha value is -2.24. The number of benzene rings is 2. The summed E-state index contributed by atoms with van der Waals surface area (Å²) in [6, 6.07) is 10.3. The normalized spacial score (nSPS) is 13.3. The summed E-state index contributed by atoms with van der Waals surface area (Å²) < 4.78 is 0. The van der Waals surface area contributed by atoms with Crippen molar-refractivity contribution in [2.45, 2.75) is 32.6 Å². The zero-order chi connectivity index (χ0) is 18.1. The average molecular weight is 360 g/mol. The van der Waals surface area contributed by atoms with Crippen LogP contribution in [-0.2, 0) is 17.1 Å². The van der Waals surface area contributed by atoms with Crippen LogP contribution in [0.15, 0.2) is 30.3 Å². The van der Waals surface area contributed by atoms with Gasteiger partial charge in [0.1, 0.15) is 0 Å². The molecule has 0 atom stereocenters. The zero-order valence-corrected chi connectivity index (χ0v) is 15.4. The summed E-state index contributed by atoms with van der Waals surface area (Å²) >= 11 is 6.06. The first-order valence-electron chi connectivity index (χ1n) is 8.22. The number of fused-ring (bicyclic) bond motifs is 1. The van der Waals surface area contributed by atoms with E-state index in [1.807, 2.05) is 43.0 Å². The fourth-order valence-electron chi connectivity index (χ4n) is 3.17. The van der Waals surface area contributed by atoms with Gasteiger partial charge >= 0.3 is 5.97 Å². The van der Waals surface area contributed by atoms with Crippen LogP contribution in [0.25, 0.3) is 0 Å². The molecule has 0 bridgehead atoms. The number of carbonyl (C=O) groups is 1. The molecule has 0 radical (unpaired) electrons. The van der Waals surface area contributed by atoms with Gasteiger partial charge in [0.05, 0.1) is 17.1 Å². The molecule has 2 N–H and O–H groups in total. The van der Waals surface area contributed by atoms with Crippen LogP contribution in [0.5, 0.6) is 0 Å². The van der Waals surface area contributed by atoms with E-state index in [0.717, 1.165) is 33.8 Å². The van der Waals surface area contributed by atoms with Crippen molar-refractivity contribution >= 4 is 34.6 Å². The monoisotopic (exact) mass is 359 g/mol. The number of alkyl halides is 1. The van der Waals surface area contributed by atoms with E-state index in [-0.39, 0.29) is 6.42 Å². The van der Waals surface area contributed by atoms with Gasteiger partial charge in [0, 0.05) is 19.3 Å². The van der Waals surface area contributed by atoms with Crippen LogP contribution in [0, 0.1) is 13.8 Å². The summed E-state index contributed by atoms with van der Waals surface area (Å²) in [7, 11) is 1.96. The molecule has 0 unspecified atom stereocenters. The molecule has 3 rings (SSSR count). The van der Waals surface area contributed by atoms with Crippen molar-refractivity contribution in [1.29, 1.82) is 0 Å². The predicted octanol–water partition coefficient (Wildman–Crippen LogP) is 4.07. The first-order chi connectivity index (χ1) is 11.9. The maximum atomic E-state index is 10.9.